The first kappa shape index (κ1) is 17.4. The zero-order valence-corrected chi connectivity index (χ0v) is 14.6. The number of hydrogen-bond donors (Lipinski definition) is 2. The van der Waals surface area contributed by atoms with Gasteiger partial charge in [0.25, 0.3) is 12.1 Å². The highest BCUT2D eigenvalue weighted by molar-refractivity contribution is 6.03. The zero-order chi connectivity index (χ0) is 18.6. The van der Waals surface area contributed by atoms with Gasteiger partial charge in [0.2, 0.25) is 0 Å². The molecule has 0 radical (unpaired) electrons. The molecule has 2 aromatic heterocycles. The second kappa shape index (κ2) is 7.69. The van der Waals surface area contributed by atoms with Gasteiger partial charge in [-0.05, 0) is 36.8 Å². The van der Waals surface area contributed by atoms with Gasteiger partial charge in [0.15, 0.2) is 24.5 Å². The molecule has 1 aliphatic rings. The van der Waals surface area contributed by atoms with E-state index in [1.807, 2.05) is 41.1 Å². The molecule has 7 nitrogen and oxygen atoms in total. The zero-order valence-electron chi connectivity index (χ0n) is 14.6. The fraction of sp³-hybridized carbons (Fsp3) is 0.250. The van der Waals surface area contributed by atoms with Crippen LogP contribution in [0.1, 0.15) is 29.4 Å². The highest BCUT2D eigenvalue weighted by Crippen LogP contribution is 2.24. The van der Waals surface area contributed by atoms with Gasteiger partial charge in [-0.25, -0.2) is 4.98 Å². The molecule has 0 spiro atoms. The number of carbonyl (C=O) groups excluding carboxylic acids is 1. The van der Waals surface area contributed by atoms with Crippen LogP contribution >= 0.6 is 0 Å². The molecule has 7 heteroatoms. The van der Waals surface area contributed by atoms with Crippen molar-refractivity contribution in [2.75, 3.05) is 11.9 Å². The smallest absolute Gasteiger partial charge is 0.262 e. The minimum Gasteiger partial charge on any atom is -0.444 e. The predicted octanol–water partition coefficient (Wildman–Crippen LogP) is 2.55. The van der Waals surface area contributed by atoms with E-state index in [0.29, 0.717) is 17.0 Å². The summed E-state index contributed by atoms with van der Waals surface area (Å²) >= 11 is 0. The molecular formula is C20H20N3O4+. The first-order valence-corrected chi connectivity index (χ1v) is 8.80. The summed E-state index contributed by atoms with van der Waals surface area (Å²) in [6.45, 7) is 0.0152. The van der Waals surface area contributed by atoms with Gasteiger partial charge in [-0.1, -0.05) is 0 Å². The molecular weight excluding hydrogens is 346 g/mol. The van der Waals surface area contributed by atoms with Crippen molar-refractivity contribution in [1.82, 2.24) is 4.98 Å². The molecule has 138 valence electrons. The molecule has 0 saturated carbocycles. The van der Waals surface area contributed by atoms with Gasteiger partial charge in [-0.3, -0.25) is 4.79 Å². The van der Waals surface area contributed by atoms with Crippen LogP contribution in [0, 0.1) is 0 Å². The standard InChI is InChI=1S/C20H19N3O4/c24-12-17-7-8-19(27-17)23-9-1-2-15(11-23)20(25)22-16-5-3-14(4-6-16)18-10-21-13-26-18/h1-6,9-11,13,17,19,24H,7-8,12H2/p+1/t17-,19+/m0/s1. The number of aliphatic hydroxyl groups excluding tert-OH is 1. The van der Waals surface area contributed by atoms with Crippen LogP contribution in [0.15, 0.2) is 65.8 Å². The lowest BCUT2D eigenvalue weighted by Gasteiger charge is -2.09. The summed E-state index contributed by atoms with van der Waals surface area (Å²) in [6, 6.07) is 10.9. The molecule has 1 amide bonds. The molecule has 1 saturated heterocycles. The van der Waals surface area contributed by atoms with Crippen LogP contribution in [0.5, 0.6) is 0 Å². The summed E-state index contributed by atoms with van der Waals surface area (Å²) in [4.78, 5) is 16.5. The van der Waals surface area contributed by atoms with E-state index in [-0.39, 0.29) is 24.8 Å². The number of aromatic nitrogens is 2. The highest BCUT2D eigenvalue weighted by Gasteiger charge is 2.31. The van der Waals surface area contributed by atoms with Gasteiger partial charge in [0.05, 0.1) is 18.9 Å². The quantitative estimate of drug-likeness (QED) is 0.678. The number of pyridine rings is 1. The first-order chi connectivity index (χ1) is 13.2. The third kappa shape index (κ3) is 3.89. The number of rotatable bonds is 5. The number of nitrogens with one attached hydrogen (secondary N) is 1. The van der Waals surface area contributed by atoms with Crippen LogP contribution in [-0.2, 0) is 4.74 Å². The monoisotopic (exact) mass is 366 g/mol. The third-order valence-corrected chi connectivity index (χ3v) is 4.57. The normalized spacial score (nSPS) is 19.1. The molecule has 0 aliphatic carbocycles. The van der Waals surface area contributed by atoms with Gasteiger partial charge in [0, 0.05) is 23.7 Å². The Hall–Kier alpha value is -3.03. The molecule has 1 aromatic carbocycles. The number of oxazole rings is 1. The van der Waals surface area contributed by atoms with Crippen molar-refractivity contribution in [1.29, 1.82) is 0 Å². The lowest BCUT2D eigenvalue weighted by molar-refractivity contribution is -0.759. The van der Waals surface area contributed by atoms with E-state index in [4.69, 9.17) is 9.15 Å². The number of benzene rings is 1. The fourth-order valence-corrected chi connectivity index (χ4v) is 3.13. The number of aliphatic hydroxyl groups is 1. The fourth-order valence-electron chi connectivity index (χ4n) is 3.13. The topological polar surface area (TPSA) is 88.5 Å². The van der Waals surface area contributed by atoms with Crippen LogP contribution in [0.2, 0.25) is 0 Å². The molecule has 1 aliphatic heterocycles. The largest absolute Gasteiger partial charge is 0.444 e. The maximum Gasteiger partial charge on any atom is 0.262 e. The van der Waals surface area contributed by atoms with Crippen molar-refractivity contribution in [3.8, 4) is 11.3 Å². The van der Waals surface area contributed by atoms with E-state index in [1.165, 1.54) is 6.39 Å². The minimum atomic E-state index is -0.200. The summed E-state index contributed by atoms with van der Waals surface area (Å²) in [5, 5.41) is 12.1. The van der Waals surface area contributed by atoms with E-state index >= 15 is 0 Å². The SMILES string of the molecule is O=C(Nc1ccc(-c2cnco2)cc1)c1ccc[n+]([C@H]2CC[C@@H](CO)O2)c1. The summed E-state index contributed by atoms with van der Waals surface area (Å²) in [6.07, 6.45) is 7.98. The molecule has 0 unspecified atom stereocenters. The predicted molar refractivity (Wildman–Crippen MR) is 96.8 cm³/mol. The summed E-state index contributed by atoms with van der Waals surface area (Å²) in [5.74, 6) is 0.475. The Labute approximate surface area is 156 Å². The van der Waals surface area contributed by atoms with Gasteiger partial charge in [-0.2, -0.15) is 4.57 Å². The van der Waals surface area contributed by atoms with E-state index in [1.54, 1.807) is 18.5 Å². The third-order valence-electron chi connectivity index (χ3n) is 4.57. The minimum absolute atomic E-state index is 0.0152. The Kier molecular flexibility index (Phi) is 4.95. The maximum absolute atomic E-state index is 12.6. The van der Waals surface area contributed by atoms with E-state index in [9.17, 15) is 9.90 Å². The van der Waals surface area contributed by atoms with Crippen molar-refractivity contribution in [3.63, 3.8) is 0 Å². The molecule has 27 heavy (non-hydrogen) atoms. The Morgan fingerprint density at radius 1 is 1.26 bits per heavy atom. The lowest BCUT2D eigenvalue weighted by Crippen LogP contribution is -2.40. The van der Waals surface area contributed by atoms with Gasteiger partial charge in [-0.15, -0.1) is 0 Å². The van der Waals surface area contributed by atoms with Crippen LogP contribution in [-0.4, -0.2) is 28.7 Å². The number of carbonyl (C=O) groups is 1. The molecule has 2 N–H and O–H groups in total. The number of anilines is 1. The Morgan fingerprint density at radius 3 is 2.81 bits per heavy atom. The molecule has 4 rings (SSSR count). The Bertz CT molecular complexity index is 909. The van der Waals surface area contributed by atoms with E-state index in [0.717, 1.165) is 18.4 Å². The first-order valence-electron chi connectivity index (χ1n) is 8.80. The summed E-state index contributed by atoms with van der Waals surface area (Å²) in [7, 11) is 0. The van der Waals surface area contributed by atoms with Crippen LogP contribution in [0.25, 0.3) is 11.3 Å². The second-order valence-electron chi connectivity index (χ2n) is 6.41. The van der Waals surface area contributed by atoms with Crippen LogP contribution in [0.4, 0.5) is 5.69 Å². The Morgan fingerprint density at radius 2 is 2.11 bits per heavy atom. The van der Waals surface area contributed by atoms with Crippen molar-refractivity contribution >= 4 is 11.6 Å². The average molecular weight is 366 g/mol. The molecule has 1 fully saturated rings. The second-order valence-corrected chi connectivity index (χ2v) is 6.41. The van der Waals surface area contributed by atoms with Gasteiger partial charge in [0.1, 0.15) is 5.56 Å². The number of hydrogen-bond acceptors (Lipinski definition) is 5. The number of nitrogens with zero attached hydrogens (tertiary/aromatic N) is 2. The van der Waals surface area contributed by atoms with Gasteiger partial charge >= 0.3 is 0 Å². The maximum atomic E-state index is 12.6. The van der Waals surface area contributed by atoms with E-state index in [2.05, 4.69) is 10.3 Å². The van der Waals surface area contributed by atoms with E-state index < -0.39 is 0 Å². The van der Waals surface area contributed by atoms with Crippen molar-refractivity contribution < 1.29 is 23.6 Å². The lowest BCUT2D eigenvalue weighted by atomic mass is 10.1. The average Bonchev–Trinajstić information content (AvgIpc) is 3.41. The van der Waals surface area contributed by atoms with Gasteiger partial charge < -0.3 is 19.6 Å². The molecule has 3 aromatic rings. The van der Waals surface area contributed by atoms with Crippen LogP contribution in [0.3, 0.4) is 0 Å². The summed E-state index contributed by atoms with van der Waals surface area (Å²) in [5.41, 5.74) is 2.11. The molecule has 2 atom stereocenters. The number of amides is 1. The highest BCUT2D eigenvalue weighted by atomic mass is 16.5. The number of ether oxygens (including phenoxy) is 1. The molecule has 0 bridgehead atoms. The van der Waals surface area contributed by atoms with Crippen molar-refractivity contribution in [3.05, 3.63) is 66.9 Å². The Balaban J connectivity index is 1.44. The van der Waals surface area contributed by atoms with Crippen molar-refractivity contribution in [2.45, 2.75) is 25.2 Å². The molecule has 3 heterocycles. The van der Waals surface area contributed by atoms with Crippen molar-refractivity contribution in [2.24, 2.45) is 0 Å². The van der Waals surface area contributed by atoms with Crippen LogP contribution < -0.4 is 9.88 Å². The summed E-state index contributed by atoms with van der Waals surface area (Å²) < 4.78 is 12.9.